The van der Waals surface area contributed by atoms with Gasteiger partial charge in [-0.2, -0.15) is 13.2 Å². The molecule has 1 amide bonds. The van der Waals surface area contributed by atoms with Gasteiger partial charge in [-0.3, -0.25) is 4.79 Å². The van der Waals surface area contributed by atoms with Crippen LogP contribution in [-0.4, -0.2) is 35.3 Å². The smallest absolute Gasteiger partial charge is 0.433 e. The number of halogens is 3. The number of rotatable bonds is 9. The predicted molar refractivity (Wildman–Crippen MR) is 102 cm³/mol. The van der Waals surface area contributed by atoms with E-state index in [9.17, 15) is 18.0 Å². The van der Waals surface area contributed by atoms with Gasteiger partial charge in [0.25, 0.3) is 0 Å². The van der Waals surface area contributed by atoms with Gasteiger partial charge in [0.1, 0.15) is 11.4 Å². The summed E-state index contributed by atoms with van der Waals surface area (Å²) < 4.78 is 44.7. The number of ether oxygens (including phenoxy) is 1. The van der Waals surface area contributed by atoms with E-state index in [4.69, 9.17) is 4.74 Å². The van der Waals surface area contributed by atoms with Crippen LogP contribution in [0.4, 0.5) is 13.2 Å². The van der Waals surface area contributed by atoms with Gasteiger partial charge in [0.05, 0.1) is 12.8 Å². The molecule has 9 heteroatoms. The number of amides is 1. The highest BCUT2D eigenvalue weighted by atomic mass is 32.2. The molecule has 0 aliphatic carbocycles. The van der Waals surface area contributed by atoms with Gasteiger partial charge in [-0.05, 0) is 36.8 Å². The number of alkyl halides is 3. The monoisotopic (exact) mass is 413 g/mol. The van der Waals surface area contributed by atoms with Crippen LogP contribution in [0.5, 0.6) is 5.75 Å². The average molecular weight is 413 g/mol. The van der Waals surface area contributed by atoms with Gasteiger partial charge in [0.2, 0.25) is 5.91 Å². The van der Waals surface area contributed by atoms with Gasteiger partial charge >= 0.3 is 6.18 Å². The summed E-state index contributed by atoms with van der Waals surface area (Å²) in [4.78, 5) is 19.6. The van der Waals surface area contributed by atoms with Crippen molar-refractivity contribution in [3.05, 3.63) is 36.0 Å². The summed E-state index contributed by atoms with van der Waals surface area (Å²) in [6.07, 6.45) is -2.54. The van der Waals surface area contributed by atoms with Crippen molar-refractivity contribution in [2.24, 2.45) is 0 Å². The Bertz CT molecular complexity index is 783. The first-order valence-electron chi connectivity index (χ1n) is 8.83. The maximum atomic E-state index is 13.2. The Kier molecular flexibility index (Phi) is 8.10. The van der Waals surface area contributed by atoms with E-state index < -0.39 is 11.9 Å². The average Bonchev–Trinajstić information content (AvgIpc) is 2.67. The summed E-state index contributed by atoms with van der Waals surface area (Å²) in [7, 11) is 1.51. The molecule has 1 heterocycles. The van der Waals surface area contributed by atoms with Crippen molar-refractivity contribution in [3.63, 3.8) is 0 Å². The predicted octanol–water partition coefficient (Wildman–Crippen LogP) is 4.57. The highest BCUT2D eigenvalue weighted by Crippen LogP contribution is 2.32. The molecule has 0 atom stereocenters. The number of aromatic nitrogens is 2. The fraction of sp³-hybridized carbons (Fsp3) is 0.421. The molecular formula is C19H22F3N3O2S. The van der Waals surface area contributed by atoms with Crippen molar-refractivity contribution in [1.82, 2.24) is 15.3 Å². The Labute approximate surface area is 166 Å². The van der Waals surface area contributed by atoms with Crippen molar-refractivity contribution in [2.45, 2.75) is 37.5 Å². The van der Waals surface area contributed by atoms with Crippen LogP contribution >= 0.6 is 11.8 Å². The number of unbranched alkanes of at least 4 members (excludes halogenated alkanes) is 1. The molecule has 0 bridgehead atoms. The molecule has 28 heavy (non-hydrogen) atoms. The second-order valence-corrected chi connectivity index (χ2v) is 7.01. The topological polar surface area (TPSA) is 64.1 Å². The van der Waals surface area contributed by atoms with Crippen molar-refractivity contribution in [2.75, 3.05) is 19.4 Å². The third-order valence-corrected chi connectivity index (χ3v) is 4.64. The third kappa shape index (κ3) is 6.70. The molecule has 2 rings (SSSR count). The number of nitrogens with zero attached hydrogens (tertiary/aromatic N) is 2. The number of thioether (sulfide) groups is 1. The first-order valence-corrected chi connectivity index (χ1v) is 9.82. The van der Waals surface area contributed by atoms with E-state index in [0.717, 1.165) is 30.7 Å². The van der Waals surface area contributed by atoms with Crippen molar-refractivity contribution in [1.29, 1.82) is 0 Å². The molecule has 152 valence electrons. The van der Waals surface area contributed by atoms with E-state index in [0.29, 0.717) is 23.6 Å². The lowest BCUT2D eigenvalue weighted by Crippen LogP contribution is -2.24. The van der Waals surface area contributed by atoms with Crippen LogP contribution in [0.25, 0.3) is 11.3 Å². The highest BCUT2D eigenvalue weighted by Gasteiger charge is 2.33. The summed E-state index contributed by atoms with van der Waals surface area (Å²) in [5, 5.41) is 2.76. The first kappa shape index (κ1) is 22.0. The van der Waals surface area contributed by atoms with Crippen molar-refractivity contribution < 1.29 is 22.7 Å². The third-order valence-electron chi connectivity index (χ3n) is 3.79. The summed E-state index contributed by atoms with van der Waals surface area (Å²) in [5.74, 6) is 0.752. The summed E-state index contributed by atoms with van der Waals surface area (Å²) in [5.41, 5.74) is -0.323. The van der Waals surface area contributed by atoms with Gasteiger partial charge in [-0.25, -0.2) is 9.97 Å². The summed E-state index contributed by atoms with van der Waals surface area (Å²) in [6.45, 7) is 2.62. The lowest BCUT2D eigenvalue weighted by atomic mass is 10.1. The minimum Gasteiger partial charge on any atom is -0.497 e. The SMILES string of the molecule is CCCCNC(=O)CCSc1nc(-c2ccc(OC)cc2)cc(C(F)(F)F)n1. The Morgan fingerprint density at radius 1 is 1.21 bits per heavy atom. The van der Waals surface area contributed by atoms with Gasteiger partial charge in [-0.1, -0.05) is 25.1 Å². The van der Waals surface area contributed by atoms with Gasteiger partial charge in [0.15, 0.2) is 5.16 Å². The zero-order chi connectivity index (χ0) is 20.6. The Balaban J connectivity index is 2.13. The number of hydrogen-bond acceptors (Lipinski definition) is 5. The van der Waals surface area contributed by atoms with Crippen LogP contribution in [0.15, 0.2) is 35.5 Å². The molecular weight excluding hydrogens is 391 g/mol. The zero-order valence-electron chi connectivity index (χ0n) is 15.7. The molecule has 0 unspecified atom stereocenters. The molecule has 1 aromatic heterocycles. The molecule has 1 N–H and O–H groups in total. The van der Waals surface area contributed by atoms with E-state index >= 15 is 0 Å². The number of nitrogens with one attached hydrogen (secondary N) is 1. The van der Waals surface area contributed by atoms with Crippen LogP contribution in [0.3, 0.4) is 0 Å². The van der Waals surface area contributed by atoms with Crippen LogP contribution in [0.2, 0.25) is 0 Å². The molecule has 0 radical (unpaired) electrons. The van der Waals surface area contributed by atoms with Gasteiger partial charge in [0, 0.05) is 24.3 Å². The van der Waals surface area contributed by atoms with Gasteiger partial charge in [-0.15, -0.1) is 0 Å². The fourth-order valence-electron chi connectivity index (χ4n) is 2.27. The van der Waals surface area contributed by atoms with E-state index in [1.165, 1.54) is 7.11 Å². The largest absolute Gasteiger partial charge is 0.497 e. The molecule has 0 fully saturated rings. The minimum absolute atomic E-state index is 0.0120. The molecule has 2 aromatic rings. The Hall–Kier alpha value is -2.29. The Morgan fingerprint density at radius 3 is 2.54 bits per heavy atom. The maximum absolute atomic E-state index is 13.2. The lowest BCUT2D eigenvalue weighted by molar-refractivity contribution is -0.141. The maximum Gasteiger partial charge on any atom is 0.433 e. The van der Waals surface area contributed by atoms with Crippen LogP contribution in [-0.2, 0) is 11.0 Å². The summed E-state index contributed by atoms with van der Waals surface area (Å²) in [6, 6.07) is 7.49. The summed E-state index contributed by atoms with van der Waals surface area (Å²) >= 11 is 1.03. The molecule has 0 saturated carbocycles. The van der Waals surface area contributed by atoms with E-state index in [2.05, 4.69) is 15.3 Å². The molecule has 5 nitrogen and oxygen atoms in total. The molecule has 0 aliphatic rings. The molecule has 0 saturated heterocycles. The van der Waals surface area contributed by atoms with Crippen molar-refractivity contribution >= 4 is 17.7 Å². The van der Waals surface area contributed by atoms with E-state index in [1.807, 2.05) is 6.92 Å². The highest BCUT2D eigenvalue weighted by molar-refractivity contribution is 7.99. The molecule has 1 aromatic carbocycles. The quantitative estimate of drug-likeness (QED) is 0.371. The number of hydrogen-bond donors (Lipinski definition) is 1. The first-order chi connectivity index (χ1) is 13.3. The van der Waals surface area contributed by atoms with Crippen molar-refractivity contribution in [3.8, 4) is 17.0 Å². The standard InChI is InChI=1S/C19H22F3N3O2S/c1-3-4-10-23-17(26)9-11-28-18-24-15(12-16(25-18)19(20,21)22)13-5-7-14(27-2)8-6-13/h5-8,12H,3-4,9-11H2,1-2H3,(H,23,26). The zero-order valence-corrected chi connectivity index (χ0v) is 16.5. The van der Waals surface area contributed by atoms with Crippen LogP contribution < -0.4 is 10.1 Å². The van der Waals surface area contributed by atoms with E-state index in [1.54, 1.807) is 24.3 Å². The van der Waals surface area contributed by atoms with Gasteiger partial charge < -0.3 is 10.1 Å². The minimum atomic E-state index is -4.59. The number of methoxy groups -OCH3 is 1. The Morgan fingerprint density at radius 2 is 1.93 bits per heavy atom. The van der Waals surface area contributed by atoms with E-state index in [-0.39, 0.29) is 23.2 Å². The van der Waals surface area contributed by atoms with Crippen LogP contribution in [0, 0.1) is 0 Å². The van der Waals surface area contributed by atoms with Crippen LogP contribution in [0.1, 0.15) is 31.9 Å². The molecule has 0 spiro atoms. The number of carbonyl (C=O) groups is 1. The number of benzene rings is 1. The normalized spacial score (nSPS) is 11.3. The second kappa shape index (κ2) is 10.3. The number of carbonyl (C=O) groups excluding carboxylic acids is 1. The molecule has 0 aliphatic heterocycles. The fourth-order valence-corrected chi connectivity index (χ4v) is 3.07. The second-order valence-electron chi connectivity index (χ2n) is 5.95. The lowest BCUT2D eigenvalue weighted by Gasteiger charge is -2.11.